The molecular weight excluding hydrogens is 306 g/mol. The predicted molar refractivity (Wildman–Crippen MR) is 78.2 cm³/mol. The second-order valence-electron chi connectivity index (χ2n) is 4.33. The number of aryl methyl sites for hydroxylation is 1. The summed E-state index contributed by atoms with van der Waals surface area (Å²) in [5.41, 5.74) is 2.46. The molecule has 0 atom stereocenters. The lowest BCUT2D eigenvalue weighted by Crippen LogP contribution is -2.22. The number of halogens is 1. The van der Waals surface area contributed by atoms with Crippen molar-refractivity contribution in [1.82, 2.24) is 5.32 Å². The Balaban J connectivity index is 2.05. The van der Waals surface area contributed by atoms with E-state index < -0.39 is 0 Å². The largest absolute Gasteiger partial charge is 0.507 e. The molecule has 19 heavy (non-hydrogen) atoms. The number of carbonyl (C=O) groups excluding carboxylic acids is 1. The van der Waals surface area contributed by atoms with E-state index >= 15 is 0 Å². The minimum Gasteiger partial charge on any atom is -0.507 e. The zero-order valence-electron chi connectivity index (χ0n) is 10.5. The van der Waals surface area contributed by atoms with E-state index in [4.69, 9.17) is 0 Å². The Morgan fingerprint density at radius 3 is 2.74 bits per heavy atom. The van der Waals surface area contributed by atoms with Crippen LogP contribution in [0.4, 0.5) is 0 Å². The molecule has 1 amide bonds. The van der Waals surface area contributed by atoms with Gasteiger partial charge in [0.1, 0.15) is 5.75 Å². The first-order valence-electron chi connectivity index (χ1n) is 5.88. The summed E-state index contributed by atoms with van der Waals surface area (Å²) in [6, 6.07) is 12.7. The van der Waals surface area contributed by atoms with Crippen LogP contribution in [-0.2, 0) is 6.54 Å². The number of rotatable bonds is 3. The molecule has 0 aliphatic carbocycles. The molecule has 0 bridgehead atoms. The Kier molecular flexibility index (Phi) is 4.22. The Morgan fingerprint density at radius 2 is 2.05 bits per heavy atom. The van der Waals surface area contributed by atoms with Crippen LogP contribution >= 0.6 is 15.9 Å². The summed E-state index contributed by atoms with van der Waals surface area (Å²) in [5, 5.41) is 12.5. The molecule has 2 aromatic rings. The van der Waals surface area contributed by atoms with E-state index in [1.54, 1.807) is 12.1 Å². The van der Waals surface area contributed by atoms with Crippen LogP contribution in [0.2, 0.25) is 0 Å². The van der Waals surface area contributed by atoms with Gasteiger partial charge in [-0.1, -0.05) is 45.8 Å². The average molecular weight is 320 g/mol. The molecule has 0 aliphatic rings. The van der Waals surface area contributed by atoms with Crippen molar-refractivity contribution in [1.29, 1.82) is 0 Å². The summed E-state index contributed by atoms with van der Waals surface area (Å²) in [4.78, 5) is 11.9. The molecule has 2 rings (SSSR count). The van der Waals surface area contributed by atoms with E-state index in [0.29, 0.717) is 6.54 Å². The van der Waals surface area contributed by atoms with Crippen LogP contribution in [0, 0.1) is 6.92 Å². The minimum atomic E-state index is -0.286. The fraction of sp³-hybridized carbons (Fsp3) is 0.133. The maximum Gasteiger partial charge on any atom is 0.255 e. The van der Waals surface area contributed by atoms with Gasteiger partial charge in [0.25, 0.3) is 5.91 Å². The standard InChI is InChI=1S/C15H14BrNO2/c1-10-3-2-4-11(7-10)9-17-15(19)13-6-5-12(16)8-14(13)18/h2-8,18H,9H2,1H3,(H,17,19). The lowest BCUT2D eigenvalue weighted by atomic mass is 10.1. The highest BCUT2D eigenvalue weighted by molar-refractivity contribution is 9.10. The first-order valence-corrected chi connectivity index (χ1v) is 6.68. The molecule has 0 fully saturated rings. The summed E-state index contributed by atoms with van der Waals surface area (Å²) >= 11 is 3.24. The molecule has 0 radical (unpaired) electrons. The number of phenols is 1. The van der Waals surface area contributed by atoms with Crippen molar-refractivity contribution in [3.05, 3.63) is 63.6 Å². The van der Waals surface area contributed by atoms with Crippen molar-refractivity contribution in [2.24, 2.45) is 0 Å². The average Bonchev–Trinajstić information content (AvgIpc) is 2.36. The summed E-state index contributed by atoms with van der Waals surface area (Å²) < 4.78 is 0.736. The van der Waals surface area contributed by atoms with E-state index in [2.05, 4.69) is 21.2 Å². The van der Waals surface area contributed by atoms with Crippen LogP contribution in [0.25, 0.3) is 0 Å². The van der Waals surface area contributed by atoms with Crippen LogP contribution in [0.15, 0.2) is 46.9 Å². The fourth-order valence-corrected chi connectivity index (χ4v) is 2.15. The molecule has 0 heterocycles. The van der Waals surface area contributed by atoms with Crippen LogP contribution in [0.5, 0.6) is 5.75 Å². The Bertz CT molecular complexity index is 611. The van der Waals surface area contributed by atoms with Gasteiger partial charge in [0.15, 0.2) is 0 Å². The fourth-order valence-electron chi connectivity index (χ4n) is 1.80. The number of hydrogen-bond acceptors (Lipinski definition) is 2. The molecule has 0 aliphatic heterocycles. The minimum absolute atomic E-state index is 0.0314. The van der Waals surface area contributed by atoms with Gasteiger partial charge in [-0.25, -0.2) is 0 Å². The Hall–Kier alpha value is -1.81. The van der Waals surface area contributed by atoms with Gasteiger partial charge >= 0.3 is 0 Å². The van der Waals surface area contributed by atoms with E-state index in [-0.39, 0.29) is 17.2 Å². The van der Waals surface area contributed by atoms with Crippen molar-refractivity contribution in [2.75, 3.05) is 0 Å². The summed E-state index contributed by atoms with van der Waals surface area (Å²) in [6.07, 6.45) is 0. The zero-order valence-corrected chi connectivity index (χ0v) is 12.1. The summed E-state index contributed by atoms with van der Waals surface area (Å²) in [6.45, 7) is 2.45. The number of hydrogen-bond donors (Lipinski definition) is 2. The molecule has 4 heteroatoms. The number of phenolic OH excluding ortho intramolecular Hbond substituents is 1. The highest BCUT2D eigenvalue weighted by Gasteiger charge is 2.10. The highest BCUT2D eigenvalue weighted by Crippen LogP contribution is 2.22. The van der Waals surface area contributed by atoms with Gasteiger partial charge in [-0.3, -0.25) is 4.79 Å². The normalized spacial score (nSPS) is 10.2. The van der Waals surface area contributed by atoms with Gasteiger partial charge in [-0.05, 0) is 30.7 Å². The zero-order chi connectivity index (χ0) is 13.8. The lowest BCUT2D eigenvalue weighted by Gasteiger charge is -2.07. The van der Waals surface area contributed by atoms with Crippen LogP contribution in [0.1, 0.15) is 21.5 Å². The maximum atomic E-state index is 11.9. The third-order valence-corrected chi connectivity index (χ3v) is 3.23. The molecule has 0 unspecified atom stereocenters. The van der Waals surface area contributed by atoms with Gasteiger partial charge in [0.2, 0.25) is 0 Å². The number of nitrogens with one attached hydrogen (secondary N) is 1. The molecular formula is C15H14BrNO2. The third-order valence-electron chi connectivity index (χ3n) is 2.74. The van der Waals surface area contributed by atoms with Crippen LogP contribution in [0.3, 0.4) is 0 Å². The molecule has 0 saturated heterocycles. The molecule has 0 spiro atoms. The lowest BCUT2D eigenvalue weighted by molar-refractivity contribution is 0.0948. The Labute approximate surface area is 120 Å². The van der Waals surface area contributed by atoms with Crippen molar-refractivity contribution < 1.29 is 9.90 Å². The maximum absolute atomic E-state index is 11.9. The second kappa shape index (κ2) is 5.89. The number of amides is 1. The molecule has 0 aromatic heterocycles. The highest BCUT2D eigenvalue weighted by atomic mass is 79.9. The van der Waals surface area contributed by atoms with E-state index in [1.807, 2.05) is 31.2 Å². The van der Waals surface area contributed by atoms with Gasteiger partial charge in [0.05, 0.1) is 5.56 Å². The second-order valence-corrected chi connectivity index (χ2v) is 5.25. The SMILES string of the molecule is Cc1cccc(CNC(=O)c2ccc(Br)cc2O)c1. The van der Waals surface area contributed by atoms with Crippen LogP contribution in [-0.4, -0.2) is 11.0 Å². The third kappa shape index (κ3) is 3.58. The molecule has 0 saturated carbocycles. The van der Waals surface area contributed by atoms with E-state index in [9.17, 15) is 9.90 Å². The molecule has 98 valence electrons. The number of carbonyl (C=O) groups is 1. The first-order chi connectivity index (χ1) is 9.06. The molecule has 2 N–H and O–H groups in total. The quantitative estimate of drug-likeness (QED) is 0.911. The Morgan fingerprint density at radius 1 is 1.26 bits per heavy atom. The topological polar surface area (TPSA) is 49.3 Å². The summed E-state index contributed by atoms with van der Waals surface area (Å²) in [7, 11) is 0. The van der Waals surface area contributed by atoms with Crippen molar-refractivity contribution in [2.45, 2.75) is 13.5 Å². The van der Waals surface area contributed by atoms with Gasteiger partial charge < -0.3 is 10.4 Å². The summed E-state index contributed by atoms with van der Waals surface area (Å²) in [5.74, 6) is -0.317. The number of aromatic hydroxyl groups is 1. The molecule has 2 aromatic carbocycles. The van der Waals surface area contributed by atoms with Crippen molar-refractivity contribution >= 4 is 21.8 Å². The van der Waals surface area contributed by atoms with Gasteiger partial charge in [-0.15, -0.1) is 0 Å². The smallest absolute Gasteiger partial charge is 0.255 e. The van der Waals surface area contributed by atoms with Crippen LogP contribution < -0.4 is 5.32 Å². The number of benzene rings is 2. The molecule has 3 nitrogen and oxygen atoms in total. The monoisotopic (exact) mass is 319 g/mol. The van der Waals surface area contributed by atoms with Crippen molar-refractivity contribution in [3.63, 3.8) is 0 Å². The van der Waals surface area contributed by atoms with Gasteiger partial charge in [0, 0.05) is 11.0 Å². The van der Waals surface area contributed by atoms with Crippen molar-refractivity contribution in [3.8, 4) is 5.75 Å². The van der Waals surface area contributed by atoms with E-state index in [0.717, 1.165) is 15.6 Å². The van der Waals surface area contributed by atoms with E-state index in [1.165, 1.54) is 6.07 Å². The van der Waals surface area contributed by atoms with Gasteiger partial charge in [-0.2, -0.15) is 0 Å². The predicted octanol–water partition coefficient (Wildman–Crippen LogP) is 3.39. The first kappa shape index (κ1) is 13.6.